The first-order valence-corrected chi connectivity index (χ1v) is 8.66. The number of aliphatic hydroxyl groups is 1. The second-order valence-corrected chi connectivity index (χ2v) is 6.76. The average Bonchev–Trinajstić information content (AvgIpc) is 2.93. The Labute approximate surface area is 130 Å². The van der Waals surface area contributed by atoms with Gasteiger partial charge in [0.15, 0.2) is 0 Å². The van der Waals surface area contributed by atoms with E-state index in [2.05, 4.69) is 44.3 Å². The molecule has 0 saturated carbocycles. The molecule has 1 aliphatic carbocycles. The first-order chi connectivity index (χ1) is 10.1. The second kappa shape index (κ2) is 7.95. The van der Waals surface area contributed by atoms with Gasteiger partial charge in [-0.05, 0) is 54.8 Å². The molecular weight excluding hydrogens is 258 g/mol. The van der Waals surface area contributed by atoms with Crippen molar-refractivity contribution < 1.29 is 5.11 Å². The van der Waals surface area contributed by atoms with Gasteiger partial charge in [0.25, 0.3) is 0 Å². The highest BCUT2D eigenvalue weighted by atomic mass is 16.3. The fourth-order valence-electron chi connectivity index (χ4n) is 3.34. The highest BCUT2D eigenvalue weighted by Gasteiger charge is 2.24. The molecule has 2 atom stereocenters. The Balaban J connectivity index is 2.01. The van der Waals surface area contributed by atoms with Crippen molar-refractivity contribution in [2.75, 3.05) is 6.54 Å². The number of hydrogen-bond acceptors (Lipinski definition) is 2. The summed E-state index contributed by atoms with van der Waals surface area (Å²) >= 11 is 0. The summed E-state index contributed by atoms with van der Waals surface area (Å²) < 4.78 is 0. The first-order valence-electron chi connectivity index (χ1n) is 8.66. The van der Waals surface area contributed by atoms with Gasteiger partial charge < -0.3 is 10.4 Å². The summed E-state index contributed by atoms with van der Waals surface area (Å²) in [4.78, 5) is 0. The minimum Gasteiger partial charge on any atom is -0.387 e. The summed E-state index contributed by atoms with van der Waals surface area (Å²) in [5, 5.41) is 14.3. The molecule has 0 spiro atoms. The molecule has 0 saturated heterocycles. The van der Waals surface area contributed by atoms with E-state index in [0.29, 0.717) is 5.92 Å². The first kappa shape index (κ1) is 16.5. The lowest BCUT2D eigenvalue weighted by molar-refractivity contribution is 0.105. The molecule has 2 heteroatoms. The lowest BCUT2D eigenvalue weighted by Crippen LogP contribution is -2.39. The van der Waals surface area contributed by atoms with Crippen molar-refractivity contribution in [2.24, 2.45) is 5.92 Å². The Morgan fingerprint density at radius 3 is 2.62 bits per heavy atom. The molecule has 0 radical (unpaired) electrons. The van der Waals surface area contributed by atoms with Gasteiger partial charge in [-0.3, -0.25) is 0 Å². The van der Waals surface area contributed by atoms with E-state index in [1.165, 1.54) is 49.7 Å². The molecule has 0 fully saturated rings. The number of aryl methyl sites for hydroxylation is 2. The SMILES string of the molecule is CCCCCNC(C(C)C)C(O)c1ccc2c(c1)CCC2. The van der Waals surface area contributed by atoms with E-state index >= 15 is 0 Å². The van der Waals surface area contributed by atoms with Gasteiger partial charge in [0.1, 0.15) is 0 Å². The van der Waals surface area contributed by atoms with E-state index in [1.807, 2.05) is 0 Å². The molecule has 0 heterocycles. The summed E-state index contributed by atoms with van der Waals surface area (Å²) in [6.07, 6.45) is 6.92. The van der Waals surface area contributed by atoms with Crippen molar-refractivity contribution in [3.63, 3.8) is 0 Å². The third-order valence-corrected chi connectivity index (χ3v) is 4.68. The van der Waals surface area contributed by atoms with Crippen molar-refractivity contribution in [2.45, 2.75) is 71.4 Å². The molecule has 2 N–H and O–H groups in total. The topological polar surface area (TPSA) is 32.3 Å². The highest BCUT2D eigenvalue weighted by Crippen LogP contribution is 2.28. The van der Waals surface area contributed by atoms with Crippen LogP contribution in [0.3, 0.4) is 0 Å². The van der Waals surface area contributed by atoms with Crippen LogP contribution in [0.25, 0.3) is 0 Å². The number of benzene rings is 1. The number of fused-ring (bicyclic) bond motifs is 1. The van der Waals surface area contributed by atoms with Gasteiger partial charge in [-0.2, -0.15) is 0 Å². The van der Waals surface area contributed by atoms with E-state index in [4.69, 9.17) is 0 Å². The lowest BCUT2D eigenvalue weighted by atomic mass is 9.91. The molecule has 2 unspecified atom stereocenters. The highest BCUT2D eigenvalue weighted by molar-refractivity contribution is 5.36. The molecular formula is C19H31NO. The zero-order chi connectivity index (χ0) is 15.2. The molecule has 1 aromatic carbocycles. The fraction of sp³-hybridized carbons (Fsp3) is 0.684. The molecule has 2 nitrogen and oxygen atoms in total. The minimum atomic E-state index is -0.405. The maximum absolute atomic E-state index is 10.8. The third-order valence-electron chi connectivity index (χ3n) is 4.68. The molecule has 21 heavy (non-hydrogen) atoms. The van der Waals surface area contributed by atoms with Gasteiger partial charge in [-0.1, -0.05) is 51.8 Å². The second-order valence-electron chi connectivity index (χ2n) is 6.76. The normalized spacial score (nSPS) is 17.0. The number of hydrogen-bond donors (Lipinski definition) is 2. The van der Waals surface area contributed by atoms with Crippen LogP contribution in [0.1, 0.15) is 69.2 Å². The Morgan fingerprint density at radius 2 is 1.90 bits per heavy atom. The largest absolute Gasteiger partial charge is 0.387 e. The maximum atomic E-state index is 10.8. The Kier molecular flexibility index (Phi) is 6.25. The van der Waals surface area contributed by atoms with E-state index in [9.17, 15) is 5.11 Å². The van der Waals surface area contributed by atoms with E-state index in [-0.39, 0.29) is 6.04 Å². The van der Waals surface area contributed by atoms with Crippen molar-refractivity contribution in [1.82, 2.24) is 5.32 Å². The van der Waals surface area contributed by atoms with Gasteiger partial charge in [0.05, 0.1) is 6.10 Å². The molecule has 0 bridgehead atoms. The Hall–Kier alpha value is -0.860. The molecule has 1 aliphatic rings. The summed E-state index contributed by atoms with van der Waals surface area (Å²) in [5.74, 6) is 0.426. The van der Waals surface area contributed by atoms with Crippen molar-refractivity contribution in [1.29, 1.82) is 0 Å². The van der Waals surface area contributed by atoms with Crippen LogP contribution in [0.2, 0.25) is 0 Å². The van der Waals surface area contributed by atoms with Crippen LogP contribution in [0.15, 0.2) is 18.2 Å². The van der Waals surface area contributed by atoms with Crippen molar-refractivity contribution >= 4 is 0 Å². The van der Waals surface area contributed by atoms with Crippen LogP contribution in [-0.2, 0) is 12.8 Å². The molecule has 0 aromatic heterocycles. The smallest absolute Gasteiger partial charge is 0.0945 e. The average molecular weight is 289 g/mol. The molecule has 1 aromatic rings. The summed E-state index contributed by atoms with van der Waals surface area (Å²) in [6, 6.07) is 6.71. The molecule has 2 rings (SSSR count). The van der Waals surface area contributed by atoms with Crippen LogP contribution in [-0.4, -0.2) is 17.7 Å². The van der Waals surface area contributed by atoms with E-state index in [1.54, 1.807) is 0 Å². The molecule has 0 amide bonds. The predicted molar refractivity (Wildman–Crippen MR) is 89.6 cm³/mol. The van der Waals surface area contributed by atoms with E-state index < -0.39 is 6.10 Å². The molecule has 0 aliphatic heterocycles. The van der Waals surface area contributed by atoms with Crippen LogP contribution >= 0.6 is 0 Å². The van der Waals surface area contributed by atoms with Crippen LogP contribution in [0.5, 0.6) is 0 Å². The minimum absolute atomic E-state index is 0.140. The van der Waals surface area contributed by atoms with Gasteiger partial charge in [0.2, 0.25) is 0 Å². The van der Waals surface area contributed by atoms with Gasteiger partial charge >= 0.3 is 0 Å². The lowest BCUT2D eigenvalue weighted by Gasteiger charge is -2.28. The Bertz CT molecular complexity index is 441. The van der Waals surface area contributed by atoms with Crippen molar-refractivity contribution in [3.8, 4) is 0 Å². The summed E-state index contributed by atoms with van der Waals surface area (Å²) in [7, 11) is 0. The molecule has 118 valence electrons. The third kappa shape index (κ3) is 4.31. The number of rotatable bonds is 8. The van der Waals surface area contributed by atoms with Gasteiger partial charge in [-0.15, -0.1) is 0 Å². The van der Waals surface area contributed by atoms with Crippen LogP contribution in [0.4, 0.5) is 0 Å². The van der Waals surface area contributed by atoms with E-state index in [0.717, 1.165) is 12.1 Å². The Morgan fingerprint density at radius 1 is 1.14 bits per heavy atom. The number of unbranched alkanes of at least 4 members (excludes halogenated alkanes) is 2. The number of nitrogens with one attached hydrogen (secondary N) is 1. The predicted octanol–water partition coefficient (Wildman–Crippen LogP) is 4.01. The quantitative estimate of drug-likeness (QED) is 0.709. The van der Waals surface area contributed by atoms with Crippen LogP contribution in [0, 0.1) is 5.92 Å². The summed E-state index contributed by atoms with van der Waals surface area (Å²) in [6.45, 7) is 7.60. The van der Waals surface area contributed by atoms with Gasteiger partial charge in [0, 0.05) is 6.04 Å². The van der Waals surface area contributed by atoms with Crippen molar-refractivity contribution in [3.05, 3.63) is 34.9 Å². The zero-order valence-corrected chi connectivity index (χ0v) is 13.9. The monoisotopic (exact) mass is 289 g/mol. The summed E-state index contributed by atoms with van der Waals surface area (Å²) in [5.41, 5.74) is 4.00. The fourth-order valence-corrected chi connectivity index (χ4v) is 3.34. The standard InChI is InChI=1S/C19H31NO/c1-4-5-6-12-20-18(14(2)3)19(21)17-11-10-15-8-7-9-16(15)13-17/h10-11,13-14,18-21H,4-9,12H2,1-3H3. The van der Waals surface area contributed by atoms with Crippen LogP contribution < -0.4 is 5.32 Å². The number of aliphatic hydroxyl groups excluding tert-OH is 1. The van der Waals surface area contributed by atoms with Gasteiger partial charge in [-0.25, -0.2) is 0 Å². The zero-order valence-electron chi connectivity index (χ0n) is 13.9. The maximum Gasteiger partial charge on any atom is 0.0945 e.